The summed E-state index contributed by atoms with van der Waals surface area (Å²) >= 11 is 0. The molecule has 0 aromatic carbocycles. The van der Waals surface area contributed by atoms with Crippen molar-refractivity contribution in [2.75, 3.05) is 13.6 Å². The van der Waals surface area contributed by atoms with Crippen LogP contribution < -0.4 is 11.5 Å². The Labute approximate surface area is 108 Å². The third kappa shape index (κ3) is 7.54. The van der Waals surface area contributed by atoms with Gasteiger partial charge < -0.3 is 21.5 Å². The van der Waals surface area contributed by atoms with Crippen LogP contribution in [0.25, 0.3) is 0 Å². The van der Waals surface area contributed by atoms with E-state index in [1.165, 1.54) is 7.05 Å². The van der Waals surface area contributed by atoms with Gasteiger partial charge in [-0.2, -0.15) is 0 Å². The van der Waals surface area contributed by atoms with Gasteiger partial charge in [0.05, 0.1) is 0 Å². The Bertz CT molecular complexity index is 372. The molecule has 10 heteroatoms. The molecule has 0 aliphatic rings. The fourth-order valence-corrected chi connectivity index (χ4v) is 0.851. The second kappa shape index (κ2) is 7.87. The Morgan fingerprint density at radius 1 is 1.37 bits per heavy atom. The number of nitrogens with one attached hydrogen (secondary N) is 1. The molecule has 0 heterocycles. The van der Waals surface area contributed by atoms with Crippen LogP contribution in [0.4, 0.5) is 0 Å². The lowest BCUT2D eigenvalue weighted by Crippen LogP contribution is -2.38. The molecule has 0 aliphatic heterocycles. The molecule has 0 saturated carbocycles. The molecule has 0 saturated heterocycles. The molecule has 6 N–H and O–H groups in total. The molecular formula is C9H16N4O6. The molecule has 0 aromatic rings. The van der Waals surface area contributed by atoms with E-state index in [1.54, 1.807) is 0 Å². The number of rotatable bonds is 6. The number of likely N-dealkylation sites (N-methyl/N-ethyl adjacent to an activating group) is 1. The Morgan fingerprint density at radius 2 is 1.95 bits per heavy atom. The summed E-state index contributed by atoms with van der Waals surface area (Å²) in [7, 11) is 1.37. The smallest absolute Gasteiger partial charge is 0.374 e. The highest BCUT2D eigenvalue weighted by Crippen LogP contribution is 1.98. The van der Waals surface area contributed by atoms with Gasteiger partial charge in [0.2, 0.25) is 0 Å². The fourth-order valence-electron chi connectivity index (χ4n) is 0.851. The SMILES string of the molecule is CN(CC(=O)OOC(=O)C(N)CCC(=O)O)C(=N)N. The van der Waals surface area contributed by atoms with Crippen LogP contribution in [-0.2, 0) is 24.2 Å². The first-order valence-electron chi connectivity index (χ1n) is 5.17. The van der Waals surface area contributed by atoms with E-state index in [2.05, 4.69) is 9.78 Å². The number of carboxylic acid groups (broad SMARTS) is 1. The van der Waals surface area contributed by atoms with Crippen molar-refractivity contribution in [1.82, 2.24) is 4.90 Å². The van der Waals surface area contributed by atoms with E-state index in [0.29, 0.717) is 0 Å². The Morgan fingerprint density at radius 3 is 2.42 bits per heavy atom. The summed E-state index contributed by atoms with van der Waals surface area (Å²) in [5.41, 5.74) is 10.4. The second-order valence-electron chi connectivity index (χ2n) is 3.64. The fraction of sp³-hybridized carbons (Fsp3) is 0.556. The molecule has 1 atom stereocenters. The van der Waals surface area contributed by atoms with E-state index in [4.69, 9.17) is 22.0 Å². The largest absolute Gasteiger partial charge is 0.481 e. The second-order valence-corrected chi connectivity index (χ2v) is 3.64. The van der Waals surface area contributed by atoms with Gasteiger partial charge in [-0.1, -0.05) is 0 Å². The van der Waals surface area contributed by atoms with E-state index < -0.39 is 23.9 Å². The first-order valence-corrected chi connectivity index (χ1v) is 5.17. The topological polar surface area (TPSA) is 169 Å². The van der Waals surface area contributed by atoms with Crippen molar-refractivity contribution in [3.63, 3.8) is 0 Å². The molecule has 0 amide bonds. The number of nitrogens with two attached hydrogens (primary N) is 2. The highest BCUT2D eigenvalue weighted by atomic mass is 17.2. The average molecular weight is 276 g/mol. The number of carbonyl (C=O) groups is 3. The maximum atomic E-state index is 11.2. The third-order valence-electron chi connectivity index (χ3n) is 1.97. The highest BCUT2D eigenvalue weighted by Gasteiger charge is 2.20. The maximum Gasteiger partial charge on any atom is 0.374 e. The summed E-state index contributed by atoms with van der Waals surface area (Å²) in [6.07, 6.45) is -0.448. The van der Waals surface area contributed by atoms with Crippen LogP contribution in [0.15, 0.2) is 0 Å². The standard InChI is InChI=1S/C9H16N4O6/c1-13(9(11)12)4-7(16)18-19-8(17)5(10)2-3-6(14)15/h5H,2-4,10H2,1H3,(H3,11,12)(H,14,15). The molecule has 19 heavy (non-hydrogen) atoms. The van der Waals surface area contributed by atoms with Crippen LogP contribution in [0.3, 0.4) is 0 Å². The number of nitrogens with zero attached hydrogens (tertiary/aromatic N) is 1. The van der Waals surface area contributed by atoms with Gasteiger partial charge in [0.1, 0.15) is 12.6 Å². The zero-order chi connectivity index (χ0) is 15.0. The van der Waals surface area contributed by atoms with E-state index in [0.717, 1.165) is 4.90 Å². The quantitative estimate of drug-likeness (QED) is 0.185. The molecule has 10 nitrogen and oxygen atoms in total. The van der Waals surface area contributed by atoms with Crippen LogP contribution in [0, 0.1) is 5.41 Å². The van der Waals surface area contributed by atoms with Crippen LogP contribution in [0.5, 0.6) is 0 Å². The number of aliphatic carboxylic acids is 1. The van der Waals surface area contributed by atoms with Crippen molar-refractivity contribution in [3.05, 3.63) is 0 Å². The summed E-state index contributed by atoms with van der Waals surface area (Å²) in [6.45, 7) is -0.382. The van der Waals surface area contributed by atoms with Crippen molar-refractivity contribution in [2.24, 2.45) is 11.5 Å². The third-order valence-corrected chi connectivity index (χ3v) is 1.97. The van der Waals surface area contributed by atoms with Crippen LogP contribution in [0.2, 0.25) is 0 Å². The van der Waals surface area contributed by atoms with Crippen molar-refractivity contribution in [2.45, 2.75) is 18.9 Å². The Balaban J connectivity index is 3.98. The van der Waals surface area contributed by atoms with Gasteiger partial charge in [0.15, 0.2) is 5.96 Å². The van der Waals surface area contributed by atoms with Gasteiger partial charge >= 0.3 is 17.9 Å². The van der Waals surface area contributed by atoms with Crippen molar-refractivity contribution in [1.29, 1.82) is 5.41 Å². The van der Waals surface area contributed by atoms with E-state index in [-0.39, 0.29) is 25.3 Å². The first kappa shape index (κ1) is 16.6. The normalized spacial score (nSPS) is 11.3. The molecule has 1 unspecified atom stereocenters. The van der Waals surface area contributed by atoms with Crippen molar-refractivity contribution in [3.8, 4) is 0 Å². The maximum absolute atomic E-state index is 11.2. The summed E-state index contributed by atoms with van der Waals surface area (Å²) < 4.78 is 0. The monoisotopic (exact) mass is 276 g/mol. The molecule has 0 aromatic heterocycles. The molecule has 0 bridgehead atoms. The van der Waals surface area contributed by atoms with Gasteiger partial charge in [-0.3, -0.25) is 10.2 Å². The lowest BCUT2D eigenvalue weighted by atomic mass is 10.2. The summed E-state index contributed by atoms with van der Waals surface area (Å²) in [5, 5.41) is 15.4. The number of hydrogen-bond acceptors (Lipinski definition) is 7. The van der Waals surface area contributed by atoms with Crippen molar-refractivity contribution < 1.29 is 29.3 Å². The molecule has 0 fully saturated rings. The van der Waals surface area contributed by atoms with Crippen LogP contribution in [0.1, 0.15) is 12.8 Å². The van der Waals surface area contributed by atoms with E-state index >= 15 is 0 Å². The molecular weight excluding hydrogens is 260 g/mol. The van der Waals surface area contributed by atoms with Gasteiger partial charge in [0.25, 0.3) is 0 Å². The zero-order valence-electron chi connectivity index (χ0n) is 10.3. The lowest BCUT2D eigenvalue weighted by molar-refractivity contribution is -0.260. The minimum atomic E-state index is -1.20. The summed E-state index contributed by atoms with van der Waals surface area (Å²) in [5.74, 6) is -3.47. The Hall–Kier alpha value is -2.36. The predicted molar refractivity (Wildman–Crippen MR) is 61.6 cm³/mol. The minimum absolute atomic E-state index is 0.140. The predicted octanol–water partition coefficient (Wildman–Crippen LogP) is -1.99. The van der Waals surface area contributed by atoms with Crippen LogP contribution >= 0.6 is 0 Å². The number of guanidine groups is 1. The number of carbonyl (C=O) groups excluding carboxylic acids is 2. The molecule has 0 aliphatic carbocycles. The van der Waals surface area contributed by atoms with Gasteiger partial charge in [-0.25, -0.2) is 19.4 Å². The molecule has 108 valence electrons. The lowest BCUT2D eigenvalue weighted by Gasteiger charge is -2.14. The number of hydrogen-bond donors (Lipinski definition) is 4. The van der Waals surface area contributed by atoms with Gasteiger partial charge in [-0.05, 0) is 6.42 Å². The zero-order valence-corrected chi connectivity index (χ0v) is 10.3. The Kier molecular flexibility index (Phi) is 6.89. The van der Waals surface area contributed by atoms with Gasteiger partial charge in [0, 0.05) is 13.5 Å². The molecule has 0 rings (SSSR count). The highest BCUT2D eigenvalue weighted by molar-refractivity contribution is 5.81. The van der Waals surface area contributed by atoms with E-state index in [1.807, 2.05) is 0 Å². The average Bonchev–Trinajstić information content (AvgIpc) is 2.32. The number of carboxylic acids is 1. The minimum Gasteiger partial charge on any atom is -0.481 e. The molecule has 0 spiro atoms. The first-order chi connectivity index (χ1) is 8.73. The summed E-state index contributed by atoms with van der Waals surface area (Å²) in [4.78, 5) is 41.9. The van der Waals surface area contributed by atoms with Gasteiger partial charge in [-0.15, -0.1) is 0 Å². The molecule has 0 radical (unpaired) electrons. The van der Waals surface area contributed by atoms with Crippen molar-refractivity contribution >= 4 is 23.9 Å². The van der Waals surface area contributed by atoms with Crippen LogP contribution in [-0.4, -0.2) is 53.5 Å². The van der Waals surface area contributed by atoms with E-state index in [9.17, 15) is 14.4 Å². The summed E-state index contributed by atoms with van der Waals surface area (Å²) in [6, 6.07) is -1.20.